The van der Waals surface area contributed by atoms with Gasteiger partial charge in [0, 0.05) is 12.3 Å². The van der Waals surface area contributed by atoms with E-state index in [9.17, 15) is 14.7 Å². The Morgan fingerprint density at radius 1 is 1.27 bits per heavy atom. The summed E-state index contributed by atoms with van der Waals surface area (Å²) in [5.74, 6) is 1.01. The molecule has 6 heteroatoms. The molecule has 1 aliphatic carbocycles. The molecule has 2 fully saturated rings. The molecule has 0 aromatic carbocycles. The first kappa shape index (κ1) is 24.6. The average Bonchev–Trinajstić information content (AvgIpc) is 3.35. The van der Waals surface area contributed by atoms with Crippen molar-refractivity contribution in [2.45, 2.75) is 76.9 Å². The maximum absolute atomic E-state index is 11.7. The van der Waals surface area contributed by atoms with Crippen molar-refractivity contribution in [1.82, 2.24) is 5.32 Å². The van der Waals surface area contributed by atoms with E-state index in [1.54, 1.807) is 0 Å². The first-order chi connectivity index (χ1) is 14.5. The van der Waals surface area contributed by atoms with Crippen molar-refractivity contribution in [2.75, 3.05) is 20.3 Å². The average molecular weight is 422 g/mol. The van der Waals surface area contributed by atoms with E-state index in [1.807, 2.05) is 6.08 Å². The summed E-state index contributed by atoms with van der Waals surface area (Å²) in [4.78, 5) is 22.7. The Kier molecular flexibility index (Phi) is 11.2. The monoisotopic (exact) mass is 421 g/mol. The molecule has 5 atom stereocenters. The van der Waals surface area contributed by atoms with Crippen molar-refractivity contribution in [3.8, 4) is 0 Å². The Labute approximate surface area is 181 Å². The van der Waals surface area contributed by atoms with Gasteiger partial charge in [0.1, 0.15) is 6.54 Å². The summed E-state index contributed by atoms with van der Waals surface area (Å²) in [6, 6.07) is 0. The van der Waals surface area contributed by atoms with Gasteiger partial charge in [-0.2, -0.15) is 0 Å². The van der Waals surface area contributed by atoms with E-state index >= 15 is 0 Å². The summed E-state index contributed by atoms with van der Waals surface area (Å²) in [5, 5.41) is 12.7. The lowest BCUT2D eigenvalue weighted by Gasteiger charge is -2.28. The number of unbranched alkanes of at least 4 members (excludes halogenated alkanes) is 3. The molecule has 1 amide bonds. The molecule has 30 heavy (non-hydrogen) atoms. The minimum atomic E-state index is -0.435. The van der Waals surface area contributed by atoms with Gasteiger partial charge in [-0.15, -0.1) is 0 Å². The van der Waals surface area contributed by atoms with Crippen LogP contribution in [0, 0.1) is 17.8 Å². The first-order valence-electron chi connectivity index (χ1n) is 11.5. The molecule has 170 valence electrons. The van der Waals surface area contributed by atoms with Gasteiger partial charge in [0.05, 0.1) is 25.9 Å². The summed E-state index contributed by atoms with van der Waals surface area (Å²) in [6.45, 7) is 2.96. The highest BCUT2D eigenvalue weighted by Crippen LogP contribution is 2.47. The number of aliphatic hydroxyl groups excluding tert-OH is 1. The van der Waals surface area contributed by atoms with E-state index in [0.717, 1.165) is 45.1 Å². The summed E-state index contributed by atoms with van der Waals surface area (Å²) < 4.78 is 10.4. The molecular weight excluding hydrogens is 382 g/mol. The van der Waals surface area contributed by atoms with Crippen LogP contribution < -0.4 is 5.32 Å². The number of carbonyl (C=O) groups is 2. The van der Waals surface area contributed by atoms with Gasteiger partial charge in [0.15, 0.2) is 0 Å². The Morgan fingerprint density at radius 2 is 2.10 bits per heavy atom. The summed E-state index contributed by atoms with van der Waals surface area (Å²) >= 11 is 0. The molecule has 0 aromatic heterocycles. The molecule has 1 heterocycles. The highest BCUT2D eigenvalue weighted by molar-refractivity contribution is 5.81. The predicted molar refractivity (Wildman–Crippen MR) is 117 cm³/mol. The maximum atomic E-state index is 11.7. The number of fused-ring (bicyclic) bond motifs is 2. The molecule has 0 aromatic rings. The van der Waals surface area contributed by atoms with Crippen LogP contribution in [0.1, 0.15) is 64.7 Å². The Morgan fingerprint density at radius 3 is 2.87 bits per heavy atom. The van der Waals surface area contributed by atoms with Crippen LogP contribution in [0.4, 0.5) is 0 Å². The Bertz CT molecular complexity index is 588. The number of ether oxygens (including phenoxy) is 2. The van der Waals surface area contributed by atoms with Gasteiger partial charge in [0.2, 0.25) is 5.91 Å². The van der Waals surface area contributed by atoms with Crippen LogP contribution in [0.3, 0.4) is 0 Å². The fraction of sp³-hybridized carbons (Fsp3) is 0.750. The second-order valence-electron chi connectivity index (χ2n) is 8.51. The number of esters is 1. The van der Waals surface area contributed by atoms with E-state index < -0.39 is 5.97 Å². The molecule has 0 spiro atoms. The lowest BCUT2D eigenvalue weighted by atomic mass is 9.84. The van der Waals surface area contributed by atoms with Crippen LogP contribution in [0.15, 0.2) is 24.3 Å². The van der Waals surface area contributed by atoms with E-state index in [0.29, 0.717) is 30.3 Å². The lowest BCUT2D eigenvalue weighted by Crippen LogP contribution is -2.29. The van der Waals surface area contributed by atoms with Crippen LogP contribution >= 0.6 is 0 Å². The lowest BCUT2D eigenvalue weighted by molar-refractivity contribution is -0.141. The minimum Gasteiger partial charge on any atom is -0.468 e. The molecule has 6 nitrogen and oxygen atoms in total. The third-order valence-corrected chi connectivity index (χ3v) is 6.25. The second kappa shape index (κ2) is 13.6. The standard InChI is InChI=1S/C24H39NO5/c1-3-4-7-10-19(26)13-14-21-20(18-15-22(21)30-17-18)11-8-5-6-9-12-23(27)25-16-24(28)29-2/h5,8,13-14,18-22,26H,3-4,6-7,9-12,15-17H2,1-2H3,(H,25,27)/b8-5-,14-13+/t18-,19-,20-,21+,22+/m0/s1. The van der Waals surface area contributed by atoms with Crippen LogP contribution in [0.25, 0.3) is 0 Å². The molecule has 2 aliphatic rings. The van der Waals surface area contributed by atoms with Gasteiger partial charge in [-0.25, -0.2) is 0 Å². The number of amides is 1. The summed E-state index contributed by atoms with van der Waals surface area (Å²) in [7, 11) is 1.30. The second-order valence-corrected chi connectivity index (χ2v) is 8.51. The number of aliphatic hydroxyl groups is 1. The fourth-order valence-corrected chi connectivity index (χ4v) is 4.49. The Hall–Kier alpha value is -1.66. The fourth-order valence-electron chi connectivity index (χ4n) is 4.49. The van der Waals surface area contributed by atoms with Gasteiger partial charge in [-0.05, 0) is 43.9 Å². The number of hydrogen-bond donors (Lipinski definition) is 2. The van der Waals surface area contributed by atoms with Crippen molar-refractivity contribution in [1.29, 1.82) is 0 Å². The molecule has 1 aliphatic heterocycles. The molecule has 2 rings (SSSR count). The smallest absolute Gasteiger partial charge is 0.325 e. The van der Waals surface area contributed by atoms with Gasteiger partial charge in [-0.3, -0.25) is 9.59 Å². The van der Waals surface area contributed by atoms with Crippen molar-refractivity contribution < 1.29 is 24.2 Å². The van der Waals surface area contributed by atoms with E-state index in [-0.39, 0.29) is 18.6 Å². The van der Waals surface area contributed by atoms with Gasteiger partial charge in [0.25, 0.3) is 0 Å². The van der Waals surface area contributed by atoms with Crippen LogP contribution in [0.2, 0.25) is 0 Å². The van der Waals surface area contributed by atoms with Crippen molar-refractivity contribution in [3.63, 3.8) is 0 Å². The predicted octanol–water partition coefficient (Wildman–Crippen LogP) is 3.54. The summed E-state index contributed by atoms with van der Waals surface area (Å²) in [5.41, 5.74) is 0. The normalized spacial score (nSPS) is 26.5. The van der Waals surface area contributed by atoms with Crippen LogP contribution in [-0.4, -0.2) is 49.5 Å². The van der Waals surface area contributed by atoms with Crippen molar-refractivity contribution in [3.05, 3.63) is 24.3 Å². The highest BCUT2D eigenvalue weighted by Gasteiger charge is 2.46. The van der Waals surface area contributed by atoms with Crippen LogP contribution in [0.5, 0.6) is 0 Å². The zero-order chi connectivity index (χ0) is 21.8. The topological polar surface area (TPSA) is 84.9 Å². The van der Waals surface area contributed by atoms with E-state index in [4.69, 9.17) is 4.74 Å². The van der Waals surface area contributed by atoms with Gasteiger partial charge in [-0.1, -0.05) is 50.5 Å². The zero-order valence-corrected chi connectivity index (χ0v) is 18.6. The molecule has 1 saturated heterocycles. The number of methoxy groups -OCH3 is 1. The number of carbonyl (C=O) groups excluding carboxylic acids is 2. The molecule has 0 radical (unpaired) electrons. The molecule has 1 saturated carbocycles. The molecule has 2 N–H and O–H groups in total. The molecular formula is C24H39NO5. The van der Waals surface area contributed by atoms with Gasteiger partial charge < -0.3 is 19.9 Å². The molecule has 2 bridgehead atoms. The van der Waals surface area contributed by atoms with Crippen molar-refractivity contribution >= 4 is 11.9 Å². The number of nitrogens with one attached hydrogen (secondary N) is 1. The number of allylic oxidation sites excluding steroid dienone is 2. The van der Waals surface area contributed by atoms with Crippen LogP contribution in [-0.2, 0) is 19.1 Å². The molecule has 0 unspecified atom stereocenters. The SMILES string of the molecule is CCCCC[C@H](O)/C=C/[C@@H]1[C@@H](C/C=C\CCCC(=O)NCC(=O)OC)[C@@H]2CO[C@@H]1C2. The van der Waals surface area contributed by atoms with Crippen molar-refractivity contribution in [2.24, 2.45) is 17.8 Å². The third kappa shape index (κ3) is 8.23. The van der Waals surface area contributed by atoms with Gasteiger partial charge >= 0.3 is 5.97 Å². The van der Waals surface area contributed by atoms with E-state index in [2.05, 4.69) is 35.2 Å². The largest absolute Gasteiger partial charge is 0.468 e. The summed E-state index contributed by atoms with van der Waals surface area (Å²) in [6.07, 6.45) is 16.9. The maximum Gasteiger partial charge on any atom is 0.325 e. The van der Waals surface area contributed by atoms with E-state index in [1.165, 1.54) is 20.0 Å². The Balaban J connectivity index is 1.68. The third-order valence-electron chi connectivity index (χ3n) is 6.25. The minimum absolute atomic E-state index is 0.0698. The first-order valence-corrected chi connectivity index (χ1v) is 11.5. The highest BCUT2D eigenvalue weighted by atomic mass is 16.5. The number of hydrogen-bond acceptors (Lipinski definition) is 5. The zero-order valence-electron chi connectivity index (χ0n) is 18.6. The quantitative estimate of drug-likeness (QED) is 0.255. The number of rotatable bonds is 14.